The average Bonchev–Trinajstić information content (AvgIpc) is 3.48. The summed E-state index contributed by atoms with van der Waals surface area (Å²) in [6, 6.07) is 6.99. The van der Waals surface area contributed by atoms with Crippen LogP contribution in [0.25, 0.3) is 15.9 Å². The number of nitrogens with zero attached hydrogens (tertiary/aromatic N) is 3. The van der Waals surface area contributed by atoms with Crippen molar-refractivity contribution in [1.29, 1.82) is 0 Å². The van der Waals surface area contributed by atoms with Crippen molar-refractivity contribution in [2.45, 2.75) is 37.8 Å². The Bertz CT molecular complexity index is 1510. The van der Waals surface area contributed by atoms with Gasteiger partial charge in [-0.15, -0.1) is 22.7 Å². The molecule has 0 spiro atoms. The second-order valence-electron chi connectivity index (χ2n) is 8.00. The first-order chi connectivity index (χ1) is 17.4. The number of fused-ring (bicyclic) bond motifs is 3. The van der Waals surface area contributed by atoms with Gasteiger partial charge in [-0.25, -0.2) is 14.8 Å². The zero-order valence-corrected chi connectivity index (χ0v) is 22.4. The van der Waals surface area contributed by atoms with Gasteiger partial charge in [-0.2, -0.15) is 0 Å². The number of carbonyl (C=O) groups is 2. The number of hydrogen-bond acceptors (Lipinski definition) is 9. The Morgan fingerprint density at radius 1 is 1.19 bits per heavy atom. The zero-order chi connectivity index (χ0) is 25.2. The summed E-state index contributed by atoms with van der Waals surface area (Å²) in [7, 11) is 0. The number of aromatic nitrogens is 3. The number of hydrogen-bond donors (Lipinski definition) is 1. The quantitative estimate of drug-likeness (QED) is 0.185. The van der Waals surface area contributed by atoms with Gasteiger partial charge in [0.05, 0.1) is 23.4 Å². The number of halogens is 1. The van der Waals surface area contributed by atoms with Gasteiger partial charge in [0.15, 0.2) is 16.0 Å². The zero-order valence-electron chi connectivity index (χ0n) is 19.2. The first kappa shape index (κ1) is 24.9. The number of aryl methyl sites for hydroxylation is 2. The Morgan fingerprint density at radius 3 is 2.75 bits per heavy atom. The minimum atomic E-state index is -0.535. The third kappa shape index (κ3) is 5.06. The predicted molar refractivity (Wildman–Crippen MR) is 144 cm³/mol. The first-order valence-electron chi connectivity index (χ1n) is 11.3. The van der Waals surface area contributed by atoms with Crippen LogP contribution in [0.4, 0.5) is 5.13 Å². The van der Waals surface area contributed by atoms with Gasteiger partial charge in [-0.1, -0.05) is 23.4 Å². The largest absolute Gasteiger partial charge is 0.461 e. The van der Waals surface area contributed by atoms with Gasteiger partial charge in [-0.05, 0) is 62.4 Å². The molecule has 0 fully saturated rings. The number of esters is 1. The molecule has 0 atom stereocenters. The molecule has 5 rings (SSSR count). The molecule has 1 aliphatic rings. The van der Waals surface area contributed by atoms with E-state index in [1.165, 1.54) is 22.0 Å². The lowest BCUT2D eigenvalue weighted by Gasteiger charge is -2.13. The lowest BCUT2D eigenvalue weighted by atomic mass is 9.97. The van der Waals surface area contributed by atoms with Crippen molar-refractivity contribution >= 4 is 73.3 Å². The van der Waals surface area contributed by atoms with E-state index in [-0.39, 0.29) is 29.5 Å². The van der Waals surface area contributed by atoms with Crippen LogP contribution < -0.4 is 10.9 Å². The maximum absolute atomic E-state index is 13.8. The summed E-state index contributed by atoms with van der Waals surface area (Å²) >= 11 is 9.95. The highest BCUT2D eigenvalue weighted by atomic mass is 35.5. The molecule has 1 aliphatic carbocycles. The van der Waals surface area contributed by atoms with Crippen molar-refractivity contribution in [3.8, 4) is 5.69 Å². The molecule has 36 heavy (non-hydrogen) atoms. The molecule has 4 aromatic rings. The third-order valence-electron chi connectivity index (χ3n) is 5.61. The van der Waals surface area contributed by atoms with Crippen molar-refractivity contribution in [1.82, 2.24) is 14.5 Å². The molecule has 0 bridgehead atoms. The van der Waals surface area contributed by atoms with Crippen molar-refractivity contribution in [2.75, 3.05) is 17.7 Å². The van der Waals surface area contributed by atoms with Gasteiger partial charge in [-0.3, -0.25) is 14.2 Å². The number of anilines is 1. The van der Waals surface area contributed by atoms with E-state index in [9.17, 15) is 14.4 Å². The number of rotatable bonds is 7. The monoisotopic (exact) mass is 560 g/mol. The van der Waals surface area contributed by atoms with Crippen LogP contribution in [0.15, 0.2) is 39.6 Å². The normalized spacial score (nSPS) is 12.9. The lowest BCUT2D eigenvalue weighted by molar-refractivity contribution is -0.113. The third-order valence-corrected chi connectivity index (χ3v) is 8.74. The van der Waals surface area contributed by atoms with Gasteiger partial charge < -0.3 is 10.1 Å². The molecule has 3 heterocycles. The number of thioether (sulfide) groups is 1. The standard InChI is InChI=1S/C24H21ClN4O4S3/c1-2-33-22(32)16-11-34-23(26-16)27-18(30)12-35-24-28-20-19(15-5-3-4-6-17(15)36-20)21(31)29(24)14-9-7-13(25)8-10-14/h7-11H,2-6,12H2,1H3,(H,26,27,30). The lowest BCUT2D eigenvalue weighted by Crippen LogP contribution is -2.23. The smallest absolute Gasteiger partial charge is 0.357 e. The van der Waals surface area contributed by atoms with Crippen LogP contribution in [0.1, 0.15) is 40.7 Å². The molecule has 186 valence electrons. The molecule has 12 heteroatoms. The van der Waals surface area contributed by atoms with Gasteiger partial charge in [0.2, 0.25) is 5.91 Å². The molecule has 0 saturated carbocycles. The minimum Gasteiger partial charge on any atom is -0.461 e. The molecule has 0 saturated heterocycles. The molecule has 1 N–H and O–H groups in total. The van der Waals surface area contributed by atoms with Gasteiger partial charge >= 0.3 is 5.97 Å². The second-order valence-corrected chi connectivity index (χ2v) is 11.3. The van der Waals surface area contributed by atoms with Crippen LogP contribution in [0.2, 0.25) is 5.02 Å². The second kappa shape index (κ2) is 10.7. The van der Waals surface area contributed by atoms with E-state index in [0.717, 1.165) is 42.6 Å². The molecule has 1 amide bonds. The SMILES string of the molecule is CCOC(=O)c1csc(NC(=O)CSc2nc3sc4c(c3c(=O)n2-c2ccc(Cl)cc2)CCCC4)n1. The van der Waals surface area contributed by atoms with Crippen molar-refractivity contribution in [3.63, 3.8) is 0 Å². The van der Waals surface area contributed by atoms with Crippen LogP contribution >= 0.6 is 46.0 Å². The summed E-state index contributed by atoms with van der Waals surface area (Å²) in [6.45, 7) is 1.96. The Labute approximate surface area is 223 Å². The molecule has 0 radical (unpaired) electrons. The van der Waals surface area contributed by atoms with Crippen molar-refractivity contribution in [3.05, 3.63) is 61.2 Å². The summed E-state index contributed by atoms with van der Waals surface area (Å²) in [4.78, 5) is 49.1. The molecule has 1 aromatic carbocycles. The summed E-state index contributed by atoms with van der Waals surface area (Å²) in [5.41, 5.74) is 1.76. The molecule has 0 unspecified atom stereocenters. The van der Waals surface area contributed by atoms with Gasteiger partial charge in [0.25, 0.3) is 5.56 Å². The van der Waals surface area contributed by atoms with Crippen molar-refractivity contribution in [2.24, 2.45) is 0 Å². The van der Waals surface area contributed by atoms with E-state index < -0.39 is 5.97 Å². The number of carbonyl (C=O) groups excluding carboxylic acids is 2. The number of ether oxygens (including phenoxy) is 1. The molecule has 8 nitrogen and oxygen atoms in total. The highest BCUT2D eigenvalue weighted by molar-refractivity contribution is 7.99. The molecule has 0 aliphatic heterocycles. The van der Waals surface area contributed by atoms with E-state index >= 15 is 0 Å². The van der Waals surface area contributed by atoms with Crippen LogP contribution in [-0.2, 0) is 22.4 Å². The number of benzene rings is 1. The van der Waals surface area contributed by atoms with E-state index in [0.29, 0.717) is 31.2 Å². The van der Waals surface area contributed by atoms with Gasteiger partial charge in [0, 0.05) is 15.3 Å². The number of thiazole rings is 1. The van der Waals surface area contributed by atoms with Crippen LogP contribution in [0, 0.1) is 0 Å². The fraction of sp³-hybridized carbons (Fsp3) is 0.292. The van der Waals surface area contributed by atoms with Crippen molar-refractivity contribution < 1.29 is 14.3 Å². The number of amides is 1. The summed E-state index contributed by atoms with van der Waals surface area (Å²) < 4.78 is 6.49. The van der Waals surface area contributed by atoms with E-state index in [2.05, 4.69) is 10.3 Å². The maximum Gasteiger partial charge on any atom is 0.357 e. The molecular weight excluding hydrogens is 540 g/mol. The predicted octanol–water partition coefficient (Wildman–Crippen LogP) is 5.34. The van der Waals surface area contributed by atoms with Crippen LogP contribution in [-0.4, -0.2) is 38.8 Å². The first-order valence-corrected chi connectivity index (χ1v) is 14.4. The minimum absolute atomic E-state index is 0.00491. The van der Waals surface area contributed by atoms with Crippen LogP contribution in [0.5, 0.6) is 0 Å². The number of thiophene rings is 1. The van der Waals surface area contributed by atoms with E-state index in [4.69, 9.17) is 21.3 Å². The highest BCUT2D eigenvalue weighted by Crippen LogP contribution is 2.35. The van der Waals surface area contributed by atoms with E-state index in [1.54, 1.807) is 47.1 Å². The fourth-order valence-corrected chi connectivity index (χ4v) is 6.95. The fourth-order valence-electron chi connectivity index (χ4n) is 4.02. The number of nitrogens with one attached hydrogen (secondary N) is 1. The molecule has 3 aromatic heterocycles. The Hall–Kier alpha value is -2.73. The Morgan fingerprint density at radius 2 is 1.97 bits per heavy atom. The summed E-state index contributed by atoms with van der Waals surface area (Å²) in [6.07, 6.45) is 4.01. The topological polar surface area (TPSA) is 103 Å². The van der Waals surface area contributed by atoms with Crippen LogP contribution in [0.3, 0.4) is 0 Å². The van der Waals surface area contributed by atoms with E-state index in [1.807, 2.05) is 0 Å². The average molecular weight is 561 g/mol. The maximum atomic E-state index is 13.8. The summed E-state index contributed by atoms with van der Waals surface area (Å²) in [5, 5.41) is 6.19. The Balaban J connectivity index is 1.43. The highest BCUT2D eigenvalue weighted by Gasteiger charge is 2.23. The van der Waals surface area contributed by atoms with Gasteiger partial charge in [0.1, 0.15) is 4.83 Å². The summed E-state index contributed by atoms with van der Waals surface area (Å²) in [5.74, 6) is -0.857. The Kier molecular flexibility index (Phi) is 7.42. The molecular formula is C24H21ClN4O4S3.